The van der Waals surface area contributed by atoms with Crippen molar-refractivity contribution >= 4 is 17.7 Å². The number of thioether (sulfide) groups is 1. The molecule has 0 fully saturated rings. The van der Waals surface area contributed by atoms with Crippen LogP contribution in [0.2, 0.25) is 0 Å². The molecule has 1 heterocycles. The minimum Gasteiger partial charge on any atom is -0.468 e. The maximum absolute atomic E-state index is 11.9. The van der Waals surface area contributed by atoms with Crippen molar-refractivity contribution in [2.24, 2.45) is 0 Å². The molecule has 0 radical (unpaired) electrons. The molecule has 1 aromatic heterocycles. The molecule has 0 aliphatic carbocycles. The topological polar surface area (TPSA) is 51.2 Å². The van der Waals surface area contributed by atoms with Gasteiger partial charge in [0.15, 0.2) is 0 Å². The summed E-state index contributed by atoms with van der Waals surface area (Å²) >= 11 is 1.83. The molecule has 1 aromatic rings. The second-order valence-corrected chi connectivity index (χ2v) is 6.41. The Kier molecular flexibility index (Phi) is 8.38. The van der Waals surface area contributed by atoms with Crippen LogP contribution in [0.4, 0.5) is 0 Å². The number of hydrogen-bond acceptors (Lipinski definition) is 5. The second-order valence-electron chi connectivity index (χ2n) is 5.24. The average Bonchev–Trinajstić information content (AvgIpc) is 2.52. The molecule has 5 heteroatoms. The van der Waals surface area contributed by atoms with Gasteiger partial charge in [-0.1, -0.05) is 13.3 Å². The van der Waals surface area contributed by atoms with Crippen LogP contribution >= 0.6 is 11.8 Å². The fraction of sp³-hybridized carbons (Fsp3) is 0.625. The Morgan fingerprint density at radius 1 is 1.38 bits per heavy atom. The maximum atomic E-state index is 11.9. The third-order valence-corrected chi connectivity index (χ3v) is 4.49. The van der Waals surface area contributed by atoms with Crippen molar-refractivity contribution in [3.8, 4) is 0 Å². The fourth-order valence-corrected chi connectivity index (χ4v) is 2.99. The summed E-state index contributed by atoms with van der Waals surface area (Å²) in [5.74, 6) is 0.882. The highest BCUT2D eigenvalue weighted by atomic mass is 32.2. The second kappa shape index (κ2) is 9.79. The molecule has 1 unspecified atom stereocenters. The third-order valence-electron chi connectivity index (χ3n) is 3.39. The van der Waals surface area contributed by atoms with Gasteiger partial charge in [-0.2, -0.15) is 0 Å². The summed E-state index contributed by atoms with van der Waals surface area (Å²) in [6, 6.07) is 4.04. The zero-order valence-corrected chi connectivity index (χ0v) is 14.0. The van der Waals surface area contributed by atoms with E-state index < -0.39 is 5.54 Å². The highest BCUT2D eigenvalue weighted by Crippen LogP contribution is 2.21. The van der Waals surface area contributed by atoms with Crippen LogP contribution in [0.3, 0.4) is 0 Å². The number of pyridine rings is 1. The van der Waals surface area contributed by atoms with Gasteiger partial charge in [0.25, 0.3) is 0 Å². The molecule has 1 rings (SSSR count). The lowest BCUT2D eigenvalue weighted by Crippen LogP contribution is -2.50. The van der Waals surface area contributed by atoms with Gasteiger partial charge in [-0.3, -0.25) is 9.78 Å². The molecule has 1 N–H and O–H groups in total. The van der Waals surface area contributed by atoms with E-state index in [-0.39, 0.29) is 5.97 Å². The molecule has 0 aliphatic rings. The number of unbranched alkanes of at least 4 members (excludes halogenated alkanes) is 1. The number of esters is 1. The SMILES string of the molecule is CCCNC(C)(CCCCSc1ccncc1)C(=O)OC. The monoisotopic (exact) mass is 310 g/mol. The summed E-state index contributed by atoms with van der Waals surface area (Å²) in [7, 11) is 1.45. The first-order valence-corrected chi connectivity index (χ1v) is 8.47. The highest BCUT2D eigenvalue weighted by molar-refractivity contribution is 7.99. The average molecular weight is 310 g/mol. The Morgan fingerprint density at radius 2 is 2.10 bits per heavy atom. The number of nitrogens with zero attached hydrogens (tertiary/aromatic N) is 1. The molecular formula is C16H26N2O2S. The van der Waals surface area contributed by atoms with Crippen molar-refractivity contribution in [1.29, 1.82) is 0 Å². The molecule has 1 atom stereocenters. The number of aromatic nitrogens is 1. The molecule has 21 heavy (non-hydrogen) atoms. The van der Waals surface area contributed by atoms with E-state index in [1.165, 1.54) is 12.0 Å². The molecule has 4 nitrogen and oxygen atoms in total. The fourth-order valence-electron chi connectivity index (χ4n) is 2.09. The molecule has 0 bridgehead atoms. The summed E-state index contributed by atoms with van der Waals surface area (Å²) in [6.45, 7) is 4.86. The Labute approximate surface area is 132 Å². The van der Waals surface area contributed by atoms with Crippen molar-refractivity contribution in [3.05, 3.63) is 24.5 Å². The lowest BCUT2D eigenvalue weighted by Gasteiger charge is -2.28. The van der Waals surface area contributed by atoms with Gasteiger partial charge in [0, 0.05) is 17.3 Å². The molecule has 0 saturated carbocycles. The molecule has 118 valence electrons. The van der Waals surface area contributed by atoms with Crippen molar-refractivity contribution in [2.75, 3.05) is 19.4 Å². The van der Waals surface area contributed by atoms with Gasteiger partial charge in [-0.05, 0) is 50.6 Å². The molecule has 0 aromatic carbocycles. The molecule has 0 amide bonds. The number of nitrogens with one attached hydrogen (secondary N) is 1. The Morgan fingerprint density at radius 3 is 2.71 bits per heavy atom. The molecular weight excluding hydrogens is 284 g/mol. The Balaban J connectivity index is 2.31. The third kappa shape index (κ3) is 6.48. The molecule has 0 saturated heterocycles. The van der Waals surface area contributed by atoms with Crippen LogP contribution in [0.5, 0.6) is 0 Å². The maximum Gasteiger partial charge on any atom is 0.325 e. The van der Waals surface area contributed by atoms with Gasteiger partial charge in [0.2, 0.25) is 0 Å². The summed E-state index contributed by atoms with van der Waals surface area (Å²) in [5.41, 5.74) is -0.563. The quantitative estimate of drug-likeness (QED) is 0.408. The summed E-state index contributed by atoms with van der Waals surface area (Å²) < 4.78 is 4.93. The van der Waals surface area contributed by atoms with E-state index >= 15 is 0 Å². The first-order valence-electron chi connectivity index (χ1n) is 7.48. The number of methoxy groups -OCH3 is 1. The standard InChI is InChI=1S/C16H26N2O2S/c1-4-10-18-16(2,15(19)20-3)9-5-6-13-21-14-7-11-17-12-8-14/h7-8,11-12,18H,4-6,9-10,13H2,1-3H3. The number of carbonyl (C=O) groups excluding carboxylic acids is 1. The van der Waals surface area contributed by atoms with Crippen LogP contribution in [0.1, 0.15) is 39.5 Å². The number of carbonyl (C=O) groups is 1. The van der Waals surface area contributed by atoms with E-state index in [2.05, 4.69) is 17.2 Å². The number of rotatable bonds is 10. The first-order chi connectivity index (χ1) is 10.1. The Bertz CT molecular complexity index is 414. The lowest BCUT2D eigenvalue weighted by molar-refractivity contribution is -0.148. The van der Waals surface area contributed by atoms with Gasteiger partial charge in [-0.25, -0.2) is 0 Å². The van der Waals surface area contributed by atoms with Crippen molar-refractivity contribution in [1.82, 2.24) is 10.3 Å². The normalized spacial score (nSPS) is 13.7. The lowest BCUT2D eigenvalue weighted by atomic mass is 9.95. The van der Waals surface area contributed by atoms with E-state index in [9.17, 15) is 4.79 Å². The number of hydrogen-bond donors (Lipinski definition) is 1. The molecule has 0 aliphatic heterocycles. The van der Waals surface area contributed by atoms with E-state index in [0.717, 1.165) is 38.0 Å². The minimum atomic E-state index is -0.563. The van der Waals surface area contributed by atoms with Gasteiger partial charge in [-0.15, -0.1) is 11.8 Å². The summed E-state index contributed by atoms with van der Waals surface area (Å²) in [6.07, 6.45) is 7.51. The highest BCUT2D eigenvalue weighted by Gasteiger charge is 2.32. The van der Waals surface area contributed by atoms with E-state index in [4.69, 9.17) is 4.74 Å². The Hall–Kier alpha value is -1.07. The van der Waals surface area contributed by atoms with Gasteiger partial charge < -0.3 is 10.1 Å². The van der Waals surface area contributed by atoms with Crippen molar-refractivity contribution < 1.29 is 9.53 Å². The van der Waals surface area contributed by atoms with Crippen LogP contribution in [0.25, 0.3) is 0 Å². The zero-order valence-electron chi connectivity index (χ0n) is 13.2. The zero-order chi connectivity index (χ0) is 15.6. The van der Waals surface area contributed by atoms with Gasteiger partial charge in [0.05, 0.1) is 7.11 Å². The van der Waals surface area contributed by atoms with Gasteiger partial charge >= 0.3 is 5.97 Å². The van der Waals surface area contributed by atoms with Crippen LogP contribution in [-0.2, 0) is 9.53 Å². The summed E-state index contributed by atoms with van der Waals surface area (Å²) in [5, 5.41) is 3.32. The van der Waals surface area contributed by atoms with Crippen LogP contribution in [0, 0.1) is 0 Å². The van der Waals surface area contributed by atoms with Crippen LogP contribution in [0.15, 0.2) is 29.4 Å². The smallest absolute Gasteiger partial charge is 0.325 e. The largest absolute Gasteiger partial charge is 0.468 e. The number of ether oxygens (including phenoxy) is 1. The van der Waals surface area contributed by atoms with Gasteiger partial charge in [0.1, 0.15) is 5.54 Å². The predicted molar refractivity (Wildman–Crippen MR) is 87.5 cm³/mol. The van der Waals surface area contributed by atoms with Crippen LogP contribution in [-0.4, -0.2) is 35.9 Å². The molecule has 0 spiro atoms. The van der Waals surface area contributed by atoms with Crippen molar-refractivity contribution in [3.63, 3.8) is 0 Å². The van der Waals surface area contributed by atoms with E-state index in [1.54, 1.807) is 0 Å². The summed E-state index contributed by atoms with van der Waals surface area (Å²) in [4.78, 5) is 17.2. The van der Waals surface area contributed by atoms with E-state index in [1.807, 2.05) is 43.2 Å². The predicted octanol–water partition coefficient (Wildman–Crippen LogP) is 3.28. The van der Waals surface area contributed by atoms with E-state index in [0.29, 0.717) is 0 Å². The first kappa shape index (κ1) is 18.0. The van der Waals surface area contributed by atoms with Crippen molar-refractivity contribution in [2.45, 2.75) is 50.0 Å². The van der Waals surface area contributed by atoms with Crippen LogP contribution < -0.4 is 5.32 Å². The minimum absolute atomic E-state index is 0.169.